The van der Waals surface area contributed by atoms with E-state index in [4.69, 9.17) is 0 Å². The van der Waals surface area contributed by atoms with Gasteiger partial charge in [0.15, 0.2) is 0 Å². The molecule has 0 aliphatic heterocycles. The van der Waals surface area contributed by atoms with Gasteiger partial charge in [0.25, 0.3) is 0 Å². The van der Waals surface area contributed by atoms with Gasteiger partial charge in [-0.3, -0.25) is 0 Å². The average molecular weight is 318 g/mol. The molecule has 5 saturated carbocycles. The Morgan fingerprint density at radius 2 is 1.00 bits per heavy atom. The molecule has 0 aromatic rings. The van der Waals surface area contributed by atoms with Crippen LogP contribution in [0.3, 0.4) is 0 Å². The molecule has 0 saturated heterocycles. The first-order valence-electron chi connectivity index (χ1n) is 6.07. The zero-order valence-corrected chi connectivity index (χ0v) is 11.1. The highest BCUT2D eigenvalue weighted by Crippen LogP contribution is 2.80. The molecule has 2 heteroatoms. The van der Waals surface area contributed by atoms with Crippen molar-refractivity contribution in [3.63, 3.8) is 0 Å². The molecule has 0 aromatic carbocycles. The summed E-state index contributed by atoms with van der Waals surface area (Å²) in [7, 11) is 0. The fourth-order valence-electron chi connectivity index (χ4n) is 6.58. The van der Waals surface area contributed by atoms with Crippen LogP contribution in [0, 0.1) is 47.3 Å². The van der Waals surface area contributed by atoms with Gasteiger partial charge in [-0.1, -0.05) is 31.9 Å². The number of alkyl halides is 2. The Kier molecular flexibility index (Phi) is 1.25. The van der Waals surface area contributed by atoms with Crippen molar-refractivity contribution in [2.45, 2.75) is 22.5 Å². The summed E-state index contributed by atoms with van der Waals surface area (Å²) in [5, 5.41) is 0. The maximum absolute atomic E-state index is 4.04. The molecule has 0 amide bonds. The third-order valence-corrected chi connectivity index (χ3v) is 9.08. The highest BCUT2D eigenvalue weighted by Gasteiger charge is 2.77. The monoisotopic (exact) mass is 316 g/mol. The molecule has 0 nitrogen and oxygen atoms in total. The minimum Gasteiger partial charge on any atom is -0.0884 e. The SMILES string of the molecule is BrC1C2CC3C(Br)C4C5CC(C14)C2C35. The molecule has 0 spiro atoms. The molecule has 5 rings (SSSR count). The average Bonchev–Trinajstić information content (AvgIpc) is 2.82. The molecule has 0 heterocycles. The minimum atomic E-state index is 0.894. The molecule has 5 aliphatic rings. The van der Waals surface area contributed by atoms with Gasteiger partial charge < -0.3 is 0 Å². The van der Waals surface area contributed by atoms with Gasteiger partial charge in [-0.25, -0.2) is 0 Å². The number of hydrogen-bond acceptors (Lipinski definition) is 0. The number of rotatable bonds is 0. The zero-order chi connectivity index (χ0) is 9.19. The first kappa shape index (κ1) is 8.11. The summed E-state index contributed by atoms with van der Waals surface area (Å²) >= 11 is 8.08. The van der Waals surface area contributed by atoms with Crippen molar-refractivity contribution < 1.29 is 0 Å². The van der Waals surface area contributed by atoms with Crippen molar-refractivity contribution in [2.75, 3.05) is 0 Å². The molecule has 0 N–H and O–H groups in total. The minimum absolute atomic E-state index is 0.894. The summed E-state index contributed by atoms with van der Waals surface area (Å²) < 4.78 is 0. The van der Waals surface area contributed by atoms with Crippen LogP contribution in [-0.2, 0) is 0 Å². The van der Waals surface area contributed by atoms with Crippen LogP contribution in [0.2, 0.25) is 0 Å². The fourth-order valence-corrected chi connectivity index (χ4v) is 9.21. The molecule has 5 aliphatic carbocycles. The Bertz CT molecular complexity index is 294. The predicted molar refractivity (Wildman–Crippen MR) is 62.6 cm³/mol. The maximum Gasteiger partial charge on any atom is 0.0211 e. The molecular weight excluding hydrogens is 304 g/mol. The third-order valence-electron chi connectivity index (χ3n) is 6.50. The smallest absolute Gasteiger partial charge is 0.0211 e. The van der Waals surface area contributed by atoms with Crippen molar-refractivity contribution in [3.8, 4) is 0 Å². The van der Waals surface area contributed by atoms with Crippen molar-refractivity contribution in [1.82, 2.24) is 0 Å². The van der Waals surface area contributed by atoms with Crippen LogP contribution >= 0.6 is 31.9 Å². The lowest BCUT2D eigenvalue weighted by Crippen LogP contribution is -2.26. The van der Waals surface area contributed by atoms with E-state index < -0.39 is 0 Å². The Morgan fingerprint density at radius 1 is 0.571 bits per heavy atom. The molecule has 76 valence electrons. The number of halogens is 2. The molecule has 2 bridgehead atoms. The molecule has 14 heavy (non-hydrogen) atoms. The number of fused-ring (bicyclic) bond motifs is 1. The summed E-state index contributed by atoms with van der Waals surface area (Å²) in [6.07, 6.45) is 3.14. The van der Waals surface area contributed by atoms with E-state index in [-0.39, 0.29) is 0 Å². The second-order valence-corrected chi connectivity index (χ2v) is 8.44. The van der Waals surface area contributed by atoms with Crippen LogP contribution in [0.15, 0.2) is 0 Å². The van der Waals surface area contributed by atoms with Crippen LogP contribution < -0.4 is 0 Å². The fraction of sp³-hybridized carbons (Fsp3) is 1.00. The van der Waals surface area contributed by atoms with Crippen molar-refractivity contribution in [3.05, 3.63) is 0 Å². The van der Waals surface area contributed by atoms with Crippen LogP contribution in [0.5, 0.6) is 0 Å². The molecular formula is C12H14Br2. The first-order chi connectivity index (χ1) is 6.79. The Hall–Kier alpha value is 0.960. The first-order valence-corrected chi connectivity index (χ1v) is 7.90. The molecule has 0 radical (unpaired) electrons. The molecule has 5 fully saturated rings. The second kappa shape index (κ2) is 2.16. The van der Waals surface area contributed by atoms with Gasteiger partial charge in [0, 0.05) is 9.65 Å². The molecule has 10 atom stereocenters. The Balaban J connectivity index is 1.83. The van der Waals surface area contributed by atoms with Gasteiger partial charge in [-0.15, -0.1) is 0 Å². The second-order valence-electron chi connectivity index (χ2n) is 6.33. The quantitative estimate of drug-likeness (QED) is 0.601. The van der Waals surface area contributed by atoms with Gasteiger partial charge in [0.2, 0.25) is 0 Å². The van der Waals surface area contributed by atoms with E-state index >= 15 is 0 Å². The predicted octanol–water partition coefficient (Wildman–Crippen LogP) is 3.29. The third kappa shape index (κ3) is 0.571. The lowest BCUT2D eigenvalue weighted by Gasteiger charge is -2.27. The highest BCUT2D eigenvalue weighted by atomic mass is 79.9. The summed E-state index contributed by atoms with van der Waals surface area (Å²) in [5.74, 6) is 8.83. The van der Waals surface area contributed by atoms with Crippen molar-refractivity contribution >= 4 is 31.9 Å². The highest BCUT2D eigenvalue weighted by molar-refractivity contribution is 9.09. The van der Waals surface area contributed by atoms with E-state index in [9.17, 15) is 0 Å². The van der Waals surface area contributed by atoms with E-state index in [1.54, 1.807) is 12.8 Å². The van der Waals surface area contributed by atoms with Crippen LogP contribution in [-0.4, -0.2) is 9.65 Å². The van der Waals surface area contributed by atoms with E-state index in [1.807, 2.05) is 0 Å². The topological polar surface area (TPSA) is 0 Å². The van der Waals surface area contributed by atoms with E-state index in [1.165, 1.54) is 0 Å². The van der Waals surface area contributed by atoms with Gasteiger partial charge in [-0.05, 0) is 60.2 Å². The summed E-state index contributed by atoms with van der Waals surface area (Å²) in [5.41, 5.74) is 0. The standard InChI is InChI=1S/C12H14Br2/c13-11-5-2-6-8-4-1-3(7(5)8)9(11)10(4)12(6)14/h3-12H,1-2H2. The van der Waals surface area contributed by atoms with Crippen LogP contribution in [0.4, 0.5) is 0 Å². The number of hydrogen-bond donors (Lipinski definition) is 0. The van der Waals surface area contributed by atoms with Gasteiger partial charge >= 0.3 is 0 Å². The summed E-state index contributed by atoms with van der Waals surface area (Å²) in [6, 6.07) is 0. The lowest BCUT2D eigenvalue weighted by atomic mass is 9.80. The molecule has 10 unspecified atom stereocenters. The summed E-state index contributed by atoms with van der Waals surface area (Å²) in [6.45, 7) is 0. The Labute approximate surface area is 101 Å². The Morgan fingerprint density at radius 3 is 1.50 bits per heavy atom. The van der Waals surface area contributed by atoms with Gasteiger partial charge in [0.05, 0.1) is 0 Å². The summed E-state index contributed by atoms with van der Waals surface area (Å²) in [4.78, 5) is 1.79. The maximum atomic E-state index is 4.04. The normalized spacial score (nSPS) is 81.0. The van der Waals surface area contributed by atoms with Crippen molar-refractivity contribution in [1.29, 1.82) is 0 Å². The molecule has 0 aromatic heterocycles. The van der Waals surface area contributed by atoms with Gasteiger partial charge in [0.1, 0.15) is 0 Å². The van der Waals surface area contributed by atoms with Gasteiger partial charge in [-0.2, -0.15) is 0 Å². The van der Waals surface area contributed by atoms with E-state index in [0.29, 0.717) is 0 Å². The van der Waals surface area contributed by atoms with E-state index in [0.717, 1.165) is 57.0 Å². The zero-order valence-electron chi connectivity index (χ0n) is 7.94. The largest absolute Gasteiger partial charge is 0.0884 e. The van der Waals surface area contributed by atoms with Crippen molar-refractivity contribution in [2.24, 2.45) is 47.3 Å². The van der Waals surface area contributed by atoms with Crippen LogP contribution in [0.25, 0.3) is 0 Å². The van der Waals surface area contributed by atoms with Crippen LogP contribution in [0.1, 0.15) is 12.8 Å². The van der Waals surface area contributed by atoms with E-state index in [2.05, 4.69) is 31.9 Å². The lowest BCUT2D eigenvalue weighted by molar-refractivity contribution is 0.225.